The van der Waals surface area contributed by atoms with Gasteiger partial charge >= 0.3 is 0 Å². The second-order valence-electron chi connectivity index (χ2n) is 7.55. The van der Waals surface area contributed by atoms with Crippen LogP contribution in [0.2, 0.25) is 0 Å². The first-order chi connectivity index (χ1) is 15.9. The summed E-state index contributed by atoms with van der Waals surface area (Å²) in [5.74, 6) is -1.31. The molecule has 9 heteroatoms. The Morgan fingerprint density at radius 2 is 1.55 bits per heavy atom. The Hall–Kier alpha value is -4.14. The van der Waals surface area contributed by atoms with E-state index in [2.05, 4.69) is 10.4 Å². The van der Waals surface area contributed by atoms with Crippen LogP contribution < -0.4 is 10.9 Å². The van der Waals surface area contributed by atoms with Crippen LogP contribution in [-0.2, 0) is 11.3 Å². The van der Waals surface area contributed by atoms with E-state index in [9.17, 15) is 23.6 Å². The van der Waals surface area contributed by atoms with Gasteiger partial charge in [-0.15, -0.1) is 0 Å². The summed E-state index contributed by atoms with van der Waals surface area (Å²) in [6.07, 6.45) is 0.459. The third-order valence-electron chi connectivity index (χ3n) is 5.32. The highest BCUT2D eigenvalue weighted by Gasteiger charge is 2.34. The van der Waals surface area contributed by atoms with Gasteiger partial charge in [0, 0.05) is 31.1 Å². The predicted octanol–water partition coefficient (Wildman–Crippen LogP) is 2.24. The zero-order valence-electron chi connectivity index (χ0n) is 17.7. The van der Waals surface area contributed by atoms with Gasteiger partial charge in [0.15, 0.2) is 0 Å². The molecule has 1 N–H and O–H groups in total. The third kappa shape index (κ3) is 4.87. The van der Waals surface area contributed by atoms with Crippen molar-refractivity contribution in [3.05, 3.63) is 88.0 Å². The fraction of sp³-hybridized carbons (Fsp3) is 0.208. The van der Waals surface area contributed by atoms with E-state index in [-0.39, 0.29) is 55.2 Å². The van der Waals surface area contributed by atoms with Crippen LogP contribution in [0.1, 0.15) is 33.6 Å². The lowest BCUT2D eigenvalue weighted by Crippen LogP contribution is -2.33. The highest BCUT2D eigenvalue weighted by molar-refractivity contribution is 6.21. The van der Waals surface area contributed by atoms with Gasteiger partial charge in [-0.2, -0.15) is 5.10 Å². The lowest BCUT2D eigenvalue weighted by molar-refractivity contribution is -0.121. The largest absolute Gasteiger partial charge is 0.354 e. The Labute approximate surface area is 188 Å². The summed E-state index contributed by atoms with van der Waals surface area (Å²) in [5, 5.41) is 6.98. The Morgan fingerprint density at radius 1 is 0.879 bits per heavy atom. The molecule has 8 nitrogen and oxygen atoms in total. The second kappa shape index (κ2) is 9.56. The molecular formula is C24H21FN4O4. The van der Waals surface area contributed by atoms with E-state index in [1.54, 1.807) is 42.5 Å². The number of nitrogens with zero attached hydrogens (tertiary/aromatic N) is 3. The molecule has 0 radical (unpaired) electrons. The zero-order chi connectivity index (χ0) is 23.4. The highest BCUT2D eigenvalue weighted by Crippen LogP contribution is 2.22. The number of imide groups is 1. The first kappa shape index (κ1) is 22.1. The summed E-state index contributed by atoms with van der Waals surface area (Å²) in [7, 11) is 0. The molecule has 0 fully saturated rings. The van der Waals surface area contributed by atoms with E-state index < -0.39 is 0 Å². The number of nitrogens with one attached hydrogen (secondary N) is 1. The Morgan fingerprint density at radius 3 is 2.21 bits per heavy atom. The van der Waals surface area contributed by atoms with Crippen molar-refractivity contribution in [2.45, 2.75) is 19.4 Å². The van der Waals surface area contributed by atoms with Crippen LogP contribution in [0.15, 0.2) is 65.5 Å². The van der Waals surface area contributed by atoms with Crippen LogP contribution >= 0.6 is 0 Å². The molecule has 1 aromatic heterocycles. The molecule has 2 heterocycles. The number of benzene rings is 2. The van der Waals surface area contributed by atoms with E-state index in [1.165, 1.54) is 22.9 Å². The summed E-state index contributed by atoms with van der Waals surface area (Å²) < 4.78 is 14.3. The molecular weight excluding hydrogens is 427 g/mol. The third-order valence-corrected chi connectivity index (χ3v) is 5.32. The number of amides is 3. The van der Waals surface area contributed by atoms with Crippen molar-refractivity contribution in [1.82, 2.24) is 20.0 Å². The van der Waals surface area contributed by atoms with E-state index >= 15 is 0 Å². The SMILES string of the molecule is O=C(CCCN1C(=O)c2ccccc2C1=O)NCCn1nc(-c2ccc(F)cc2)ccc1=O. The van der Waals surface area contributed by atoms with Gasteiger partial charge in [0.25, 0.3) is 17.4 Å². The van der Waals surface area contributed by atoms with Crippen LogP contribution in [0.25, 0.3) is 11.3 Å². The number of hydrogen-bond acceptors (Lipinski definition) is 5. The van der Waals surface area contributed by atoms with Crippen molar-refractivity contribution in [3.8, 4) is 11.3 Å². The molecule has 0 saturated carbocycles. The monoisotopic (exact) mass is 448 g/mol. The molecule has 1 aliphatic rings. The fourth-order valence-corrected chi connectivity index (χ4v) is 3.61. The van der Waals surface area contributed by atoms with Crippen molar-refractivity contribution in [1.29, 1.82) is 0 Å². The Kier molecular flexibility index (Phi) is 6.39. The molecule has 0 bridgehead atoms. The zero-order valence-corrected chi connectivity index (χ0v) is 17.7. The minimum atomic E-state index is -0.363. The van der Waals surface area contributed by atoms with Gasteiger partial charge in [-0.25, -0.2) is 9.07 Å². The predicted molar refractivity (Wildman–Crippen MR) is 118 cm³/mol. The van der Waals surface area contributed by atoms with Crippen molar-refractivity contribution >= 4 is 17.7 Å². The molecule has 168 valence electrons. The molecule has 0 aliphatic carbocycles. The maximum Gasteiger partial charge on any atom is 0.266 e. The summed E-state index contributed by atoms with van der Waals surface area (Å²) in [4.78, 5) is 50.0. The number of carbonyl (C=O) groups is 3. The maximum absolute atomic E-state index is 13.1. The lowest BCUT2D eigenvalue weighted by Gasteiger charge is -2.13. The molecule has 4 rings (SSSR count). The first-order valence-electron chi connectivity index (χ1n) is 10.5. The summed E-state index contributed by atoms with van der Waals surface area (Å²) in [6, 6.07) is 15.3. The van der Waals surface area contributed by atoms with Gasteiger partial charge in [-0.05, 0) is 48.9 Å². The molecule has 1 aliphatic heterocycles. The van der Waals surface area contributed by atoms with E-state index in [0.717, 1.165) is 4.90 Å². The molecule has 3 aromatic rings. The van der Waals surface area contributed by atoms with Crippen molar-refractivity contribution < 1.29 is 18.8 Å². The van der Waals surface area contributed by atoms with E-state index in [1.807, 2.05) is 0 Å². The maximum atomic E-state index is 13.1. The number of aromatic nitrogens is 2. The molecule has 0 saturated heterocycles. The number of carbonyl (C=O) groups excluding carboxylic acids is 3. The number of rotatable bonds is 8. The molecule has 0 unspecified atom stereocenters. The Balaban J connectivity index is 1.25. The average molecular weight is 448 g/mol. The summed E-state index contributed by atoms with van der Waals surface area (Å²) in [6.45, 7) is 0.504. The van der Waals surface area contributed by atoms with Crippen LogP contribution in [-0.4, -0.2) is 45.5 Å². The number of halogens is 1. The van der Waals surface area contributed by atoms with Gasteiger partial charge in [0.1, 0.15) is 5.82 Å². The highest BCUT2D eigenvalue weighted by atomic mass is 19.1. The lowest BCUT2D eigenvalue weighted by atomic mass is 10.1. The van der Waals surface area contributed by atoms with Gasteiger partial charge in [0.05, 0.1) is 23.4 Å². The van der Waals surface area contributed by atoms with Crippen LogP contribution in [0.3, 0.4) is 0 Å². The number of fused-ring (bicyclic) bond motifs is 1. The van der Waals surface area contributed by atoms with Gasteiger partial charge in [-0.3, -0.25) is 24.1 Å². The summed E-state index contributed by atoms with van der Waals surface area (Å²) in [5.41, 5.74) is 1.63. The fourth-order valence-electron chi connectivity index (χ4n) is 3.61. The van der Waals surface area contributed by atoms with Gasteiger partial charge in [-0.1, -0.05) is 12.1 Å². The quantitative estimate of drug-likeness (QED) is 0.533. The molecule has 33 heavy (non-hydrogen) atoms. The number of hydrogen-bond donors (Lipinski definition) is 1. The molecule has 0 spiro atoms. The second-order valence-corrected chi connectivity index (χ2v) is 7.55. The van der Waals surface area contributed by atoms with Gasteiger partial charge in [0.2, 0.25) is 5.91 Å². The van der Waals surface area contributed by atoms with Crippen molar-refractivity contribution in [3.63, 3.8) is 0 Å². The normalized spacial score (nSPS) is 12.7. The van der Waals surface area contributed by atoms with E-state index in [4.69, 9.17) is 0 Å². The first-order valence-corrected chi connectivity index (χ1v) is 10.5. The van der Waals surface area contributed by atoms with Crippen molar-refractivity contribution in [2.75, 3.05) is 13.1 Å². The standard InChI is InChI=1S/C24H21FN4O4/c25-17-9-7-16(8-10-17)20-11-12-22(31)29(27-20)15-13-26-21(30)6-3-14-28-23(32)18-4-1-2-5-19(18)24(28)33/h1-2,4-5,7-12H,3,6,13-15H2,(H,26,30). The van der Waals surface area contributed by atoms with Crippen molar-refractivity contribution in [2.24, 2.45) is 0 Å². The minimum Gasteiger partial charge on any atom is -0.354 e. The molecule has 0 atom stereocenters. The average Bonchev–Trinajstić information content (AvgIpc) is 3.06. The molecule has 3 amide bonds. The van der Waals surface area contributed by atoms with Crippen LogP contribution in [0.5, 0.6) is 0 Å². The Bertz CT molecular complexity index is 1230. The topological polar surface area (TPSA) is 101 Å². The van der Waals surface area contributed by atoms with Crippen LogP contribution in [0, 0.1) is 5.82 Å². The smallest absolute Gasteiger partial charge is 0.266 e. The van der Waals surface area contributed by atoms with Crippen LogP contribution in [0.4, 0.5) is 4.39 Å². The van der Waals surface area contributed by atoms with E-state index in [0.29, 0.717) is 28.8 Å². The molecule has 2 aromatic carbocycles. The summed E-state index contributed by atoms with van der Waals surface area (Å²) >= 11 is 0. The van der Waals surface area contributed by atoms with Gasteiger partial charge < -0.3 is 5.32 Å². The minimum absolute atomic E-state index is 0.130.